The fourth-order valence-electron chi connectivity index (χ4n) is 3.13. The van der Waals surface area contributed by atoms with Crippen LogP contribution in [0.3, 0.4) is 0 Å². The van der Waals surface area contributed by atoms with Gasteiger partial charge in [-0.05, 0) is 36.8 Å². The lowest BCUT2D eigenvalue weighted by Gasteiger charge is -2.23. The third kappa shape index (κ3) is 4.69. The van der Waals surface area contributed by atoms with Gasteiger partial charge in [0.1, 0.15) is 0 Å². The van der Waals surface area contributed by atoms with Gasteiger partial charge in [0.05, 0.1) is 17.1 Å². The maximum atomic E-state index is 13.0. The van der Waals surface area contributed by atoms with Crippen molar-refractivity contribution in [1.82, 2.24) is 9.47 Å². The van der Waals surface area contributed by atoms with Gasteiger partial charge >= 0.3 is 0 Å². The smallest absolute Gasteiger partial charge is 0.256 e. The van der Waals surface area contributed by atoms with Crippen molar-refractivity contribution in [3.8, 4) is 0 Å². The Bertz CT molecular complexity index is 945. The van der Waals surface area contributed by atoms with Gasteiger partial charge in [0.15, 0.2) is 0 Å². The minimum Gasteiger partial charge on any atom is -0.345 e. The van der Waals surface area contributed by atoms with Crippen LogP contribution in [0.1, 0.15) is 27.2 Å². The summed E-state index contributed by atoms with van der Waals surface area (Å²) in [5.41, 5.74) is 4.06. The van der Waals surface area contributed by atoms with Crippen molar-refractivity contribution in [2.75, 3.05) is 6.54 Å². The summed E-state index contributed by atoms with van der Waals surface area (Å²) in [4.78, 5) is 14.7. The molecule has 4 heteroatoms. The van der Waals surface area contributed by atoms with Gasteiger partial charge in [0, 0.05) is 25.0 Å². The molecule has 0 aliphatic carbocycles. The van der Waals surface area contributed by atoms with Crippen molar-refractivity contribution in [2.24, 2.45) is 0 Å². The van der Waals surface area contributed by atoms with E-state index in [1.165, 1.54) is 11.1 Å². The summed E-state index contributed by atoms with van der Waals surface area (Å²) in [5.74, 6) is -0.0937. The van der Waals surface area contributed by atoms with Gasteiger partial charge in [-0.1, -0.05) is 59.6 Å². The molecule has 138 valence electrons. The molecule has 1 aromatic heterocycles. The van der Waals surface area contributed by atoms with Crippen molar-refractivity contribution in [3.05, 3.63) is 107 Å². The second-order valence-corrected chi connectivity index (χ2v) is 6.98. The average molecular weight is 379 g/mol. The van der Waals surface area contributed by atoms with Gasteiger partial charge in [-0.3, -0.25) is 4.79 Å². The zero-order valence-corrected chi connectivity index (χ0v) is 16.2. The molecular formula is C23H23ClN2O. The van der Waals surface area contributed by atoms with Crippen LogP contribution in [-0.4, -0.2) is 21.9 Å². The van der Waals surface area contributed by atoms with Crippen LogP contribution in [0.2, 0.25) is 5.02 Å². The van der Waals surface area contributed by atoms with E-state index in [1.807, 2.05) is 30.5 Å². The molecule has 27 heavy (non-hydrogen) atoms. The van der Waals surface area contributed by atoms with Crippen molar-refractivity contribution in [2.45, 2.75) is 20.0 Å². The van der Waals surface area contributed by atoms with Crippen LogP contribution < -0.4 is 0 Å². The number of hydrogen-bond donors (Lipinski definition) is 0. The second kappa shape index (κ2) is 8.74. The van der Waals surface area contributed by atoms with Crippen LogP contribution in [0, 0.1) is 6.92 Å². The molecule has 0 radical (unpaired) electrons. The Labute approximate surface area is 165 Å². The number of aryl methyl sites for hydroxylation is 1. The Morgan fingerprint density at radius 2 is 1.96 bits per heavy atom. The first-order valence-electron chi connectivity index (χ1n) is 8.92. The van der Waals surface area contributed by atoms with E-state index in [-0.39, 0.29) is 5.91 Å². The summed E-state index contributed by atoms with van der Waals surface area (Å²) in [6, 6.07) is 19.7. The lowest BCUT2D eigenvalue weighted by molar-refractivity contribution is 0.0759. The van der Waals surface area contributed by atoms with E-state index in [1.54, 1.807) is 23.1 Å². The molecule has 3 aromatic rings. The zero-order valence-electron chi connectivity index (χ0n) is 15.4. The SMILES string of the molecule is C=CCN(Cc1cccn1Cc1cccc(C)c1)C(=O)c1ccccc1Cl. The van der Waals surface area contributed by atoms with Gasteiger partial charge in [-0.15, -0.1) is 6.58 Å². The minimum absolute atomic E-state index is 0.0937. The summed E-state index contributed by atoms with van der Waals surface area (Å²) >= 11 is 6.22. The number of hydrogen-bond acceptors (Lipinski definition) is 1. The molecule has 0 saturated heterocycles. The predicted molar refractivity (Wildman–Crippen MR) is 111 cm³/mol. The molecule has 0 aliphatic heterocycles. The number of carbonyl (C=O) groups is 1. The Morgan fingerprint density at radius 3 is 2.70 bits per heavy atom. The summed E-state index contributed by atoms with van der Waals surface area (Å²) in [6.07, 6.45) is 3.78. The van der Waals surface area contributed by atoms with Crippen molar-refractivity contribution in [1.29, 1.82) is 0 Å². The molecule has 0 saturated carbocycles. The van der Waals surface area contributed by atoms with Crippen molar-refractivity contribution in [3.63, 3.8) is 0 Å². The van der Waals surface area contributed by atoms with E-state index in [2.05, 4.69) is 42.3 Å². The molecule has 3 nitrogen and oxygen atoms in total. The molecular weight excluding hydrogens is 356 g/mol. The van der Waals surface area contributed by atoms with Crippen LogP contribution >= 0.6 is 11.6 Å². The van der Waals surface area contributed by atoms with Crippen LogP contribution in [-0.2, 0) is 13.1 Å². The predicted octanol–water partition coefficient (Wildman–Crippen LogP) is 5.33. The zero-order chi connectivity index (χ0) is 19.2. The molecule has 0 unspecified atom stereocenters. The highest BCUT2D eigenvalue weighted by molar-refractivity contribution is 6.33. The molecule has 2 aromatic carbocycles. The largest absolute Gasteiger partial charge is 0.345 e. The van der Waals surface area contributed by atoms with Gasteiger partial charge in [0.2, 0.25) is 0 Å². The molecule has 0 N–H and O–H groups in total. The van der Waals surface area contributed by atoms with Gasteiger partial charge in [-0.2, -0.15) is 0 Å². The highest BCUT2D eigenvalue weighted by Gasteiger charge is 2.18. The van der Waals surface area contributed by atoms with E-state index < -0.39 is 0 Å². The molecule has 0 fully saturated rings. The van der Waals surface area contributed by atoms with E-state index in [4.69, 9.17) is 11.6 Å². The summed E-state index contributed by atoms with van der Waals surface area (Å²) < 4.78 is 2.17. The molecule has 0 spiro atoms. The topological polar surface area (TPSA) is 25.2 Å². The average Bonchev–Trinajstić information content (AvgIpc) is 3.08. The first kappa shape index (κ1) is 19.0. The van der Waals surface area contributed by atoms with Crippen molar-refractivity contribution < 1.29 is 4.79 Å². The summed E-state index contributed by atoms with van der Waals surface area (Å²) in [5, 5.41) is 0.465. The maximum absolute atomic E-state index is 13.0. The number of aromatic nitrogens is 1. The fraction of sp³-hybridized carbons (Fsp3) is 0.174. The highest BCUT2D eigenvalue weighted by Crippen LogP contribution is 2.19. The first-order chi connectivity index (χ1) is 13.1. The van der Waals surface area contributed by atoms with E-state index in [0.717, 1.165) is 12.2 Å². The number of carbonyl (C=O) groups excluding carboxylic acids is 1. The molecule has 1 heterocycles. The quantitative estimate of drug-likeness (QED) is 0.510. The number of nitrogens with zero attached hydrogens (tertiary/aromatic N) is 2. The standard InChI is InChI=1S/C23H23ClN2O/c1-3-13-26(23(27)21-11-4-5-12-22(21)24)17-20-10-7-14-25(20)16-19-9-6-8-18(2)15-19/h3-12,14-15H,1,13,16-17H2,2H3. The van der Waals surface area contributed by atoms with E-state index in [0.29, 0.717) is 23.7 Å². The van der Waals surface area contributed by atoms with Gasteiger partial charge in [0.25, 0.3) is 5.91 Å². The molecule has 0 atom stereocenters. The third-order valence-electron chi connectivity index (χ3n) is 4.45. The maximum Gasteiger partial charge on any atom is 0.256 e. The van der Waals surface area contributed by atoms with E-state index in [9.17, 15) is 4.79 Å². The van der Waals surface area contributed by atoms with Crippen LogP contribution in [0.25, 0.3) is 0 Å². The Morgan fingerprint density at radius 1 is 1.15 bits per heavy atom. The normalized spacial score (nSPS) is 10.6. The fourth-order valence-corrected chi connectivity index (χ4v) is 3.35. The first-order valence-corrected chi connectivity index (χ1v) is 9.30. The van der Waals surface area contributed by atoms with Gasteiger partial charge in [-0.25, -0.2) is 0 Å². The summed E-state index contributed by atoms with van der Waals surface area (Å²) in [7, 11) is 0. The number of halogens is 1. The Kier molecular flexibility index (Phi) is 6.15. The second-order valence-electron chi connectivity index (χ2n) is 6.57. The number of amides is 1. The number of benzene rings is 2. The minimum atomic E-state index is -0.0937. The van der Waals surface area contributed by atoms with Crippen LogP contribution in [0.15, 0.2) is 79.5 Å². The Hall–Kier alpha value is -2.78. The lowest BCUT2D eigenvalue weighted by atomic mass is 10.1. The lowest BCUT2D eigenvalue weighted by Crippen LogP contribution is -2.31. The van der Waals surface area contributed by atoms with Crippen LogP contribution in [0.5, 0.6) is 0 Å². The number of rotatable bonds is 7. The molecule has 0 bridgehead atoms. The van der Waals surface area contributed by atoms with Crippen molar-refractivity contribution >= 4 is 17.5 Å². The van der Waals surface area contributed by atoms with E-state index >= 15 is 0 Å². The molecule has 0 aliphatic rings. The Balaban J connectivity index is 1.82. The highest BCUT2D eigenvalue weighted by atomic mass is 35.5. The van der Waals surface area contributed by atoms with Crippen LogP contribution in [0.4, 0.5) is 0 Å². The van der Waals surface area contributed by atoms with Gasteiger partial charge < -0.3 is 9.47 Å². The third-order valence-corrected chi connectivity index (χ3v) is 4.78. The monoisotopic (exact) mass is 378 g/mol. The summed E-state index contributed by atoms with van der Waals surface area (Å²) in [6.45, 7) is 7.61. The molecule has 1 amide bonds. The molecule has 3 rings (SSSR count).